The largest absolute Gasteiger partial charge is 0.310 e. The molecule has 10 aromatic rings. The fourth-order valence-corrected chi connectivity index (χ4v) is 11.3. The highest BCUT2D eigenvalue weighted by Crippen LogP contribution is 2.55. The summed E-state index contributed by atoms with van der Waals surface area (Å²) < 4.78 is 2.52. The van der Waals surface area contributed by atoms with Crippen LogP contribution in [0.3, 0.4) is 0 Å². The number of para-hydroxylation sites is 7. The Hall–Kier alpha value is -7.62. The van der Waals surface area contributed by atoms with E-state index < -0.39 is 5.41 Å². The number of aromatic nitrogens is 1. The van der Waals surface area contributed by atoms with E-state index in [1.165, 1.54) is 94.8 Å². The third-order valence-corrected chi connectivity index (χ3v) is 14.0. The first-order chi connectivity index (χ1) is 30.8. The van der Waals surface area contributed by atoms with Gasteiger partial charge in [0, 0.05) is 44.9 Å². The van der Waals surface area contributed by atoms with E-state index in [-0.39, 0.29) is 0 Å². The van der Waals surface area contributed by atoms with Crippen molar-refractivity contribution in [2.75, 3.05) is 9.80 Å². The van der Waals surface area contributed by atoms with Crippen LogP contribution in [-0.2, 0) is 31.1 Å². The van der Waals surface area contributed by atoms with Gasteiger partial charge in [-0.05, 0) is 131 Å². The molecule has 294 valence electrons. The zero-order valence-electron chi connectivity index (χ0n) is 34.4. The van der Waals surface area contributed by atoms with Crippen LogP contribution in [0, 0.1) is 0 Å². The molecular formula is C59H43N3. The van der Waals surface area contributed by atoms with Crippen LogP contribution in [0.4, 0.5) is 34.1 Å². The molecule has 9 aromatic carbocycles. The summed E-state index contributed by atoms with van der Waals surface area (Å²) in [6.45, 7) is 0. The molecule has 0 saturated carbocycles. The molecule has 13 rings (SSSR count). The molecule has 3 aliphatic heterocycles. The Labute approximate surface area is 362 Å². The second-order valence-electron chi connectivity index (χ2n) is 17.1. The molecule has 0 amide bonds. The minimum atomic E-state index is -0.624. The van der Waals surface area contributed by atoms with E-state index in [4.69, 9.17) is 0 Å². The molecule has 0 bridgehead atoms. The highest BCUT2D eigenvalue weighted by atomic mass is 15.2. The van der Waals surface area contributed by atoms with Gasteiger partial charge in [0.1, 0.15) is 0 Å². The van der Waals surface area contributed by atoms with Crippen LogP contribution in [0.5, 0.6) is 0 Å². The van der Waals surface area contributed by atoms with Crippen molar-refractivity contribution in [3.63, 3.8) is 0 Å². The normalized spacial score (nSPS) is 14.6. The van der Waals surface area contributed by atoms with E-state index in [2.05, 4.69) is 227 Å². The average molecular weight is 794 g/mol. The minimum Gasteiger partial charge on any atom is -0.310 e. The van der Waals surface area contributed by atoms with E-state index in [1.807, 2.05) is 0 Å². The highest BCUT2D eigenvalue weighted by molar-refractivity contribution is 6.12. The van der Waals surface area contributed by atoms with Gasteiger partial charge in [-0.15, -0.1) is 0 Å². The van der Waals surface area contributed by atoms with Gasteiger partial charge in [0.25, 0.3) is 0 Å². The standard InChI is InChI=1S/C59H43N3/c1-7-22-52-40(14-1)28-29-41-15-2-8-23-53(41)60(52)46-36-32-44(33-37-46)59(50-20-6-12-27-57(50)62-56-26-11-5-18-48(56)49-19-13-21-51(59)58(49)62)45-34-38-47(39-35-45)61-54-24-9-3-16-42(54)30-31-43-17-4-10-25-55(43)61/h1-27,32-39H,28-31H2. The number of hydrogen-bond donors (Lipinski definition) is 0. The number of nitrogens with zero attached hydrogens (tertiary/aromatic N) is 3. The summed E-state index contributed by atoms with van der Waals surface area (Å²) in [5.74, 6) is 0. The third kappa shape index (κ3) is 5.00. The van der Waals surface area contributed by atoms with Crippen molar-refractivity contribution in [2.45, 2.75) is 31.1 Å². The van der Waals surface area contributed by atoms with Crippen LogP contribution in [-0.4, -0.2) is 4.57 Å². The Morgan fingerprint density at radius 2 is 0.694 bits per heavy atom. The van der Waals surface area contributed by atoms with Crippen molar-refractivity contribution in [1.29, 1.82) is 0 Å². The van der Waals surface area contributed by atoms with Crippen LogP contribution in [0.15, 0.2) is 212 Å². The molecule has 0 spiro atoms. The van der Waals surface area contributed by atoms with Gasteiger partial charge in [0.05, 0.1) is 22.1 Å². The molecule has 3 nitrogen and oxygen atoms in total. The fraction of sp³-hybridized carbons (Fsp3) is 0.0847. The Morgan fingerprint density at radius 3 is 1.19 bits per heavy atom. The third-order valence-electron chi connectivity index (χ3n) is 14.0. The summed E-state index contributed by atoms with van der Waals surface area (Å²) in [7, 11) is 0. The van der Waals surface area contributed by atoms with Crippen molar-refractivity contribution in [3.8, 4) is 5.69 Å². The topological polar surface area (TPSA) is 11.4 Å². The molecule has 0 radical (unpaired) electrons. The predicted molar refractivity (Wildman–Crippen MR) is 257 cm³/mol. The molecule has 0 aliphatic carbocycles. The second-order valence-corrected chi connectivity index (χ2v) is 17.1. The van der Waals surface area contributed by atoms with Crippen molar-refractivity contribution in [1.82, 2.24) is 4.57 Å². The molecule has 3 aliphatic rings. The lowest BCUT2D eigenvalue weighted by Gasteiger charge is -2.42. The number of rotatable bonds is 4. The molecular weight excluding hydrogens is 751 g/mol. The van der Waals surface area contributed by atoms with Gasteiger partial charge in [-0.3, -0.25) is 0 Å². The molecule has 0 atom stereocenters. The summed E-state index contributed by atoms with van der Waals surface area (Å²) in [5.41, 5.74) is 21.0. The lowest BCUT2D eigenvalue weighted by atomic mass is 9.63. The van der Waals surface area contributed by atoms with Crippen molar-refractivity contribution in [2.24, 2.45) is 0 Å². The number of anilines is 6. The summed E-state index contributed by atoms with van der Waals surface area (Å²) in [5, 5.41) is 2.55. The molecule has 0 unspecified atom stereocenters. The van der Waals surface area contributed by atoms with E-state index >= 15 is 0 Å². The van der Waals surface area contributed by atoms with Crippen LogP contribution >= 0.6 is 0 Å². The summed E-state index contributed by atoms with van der Waals surface area (Å²) in [6.07, 6.45) is 4.07. The first kappa shape index (κ1) is 35.2. The zero-order chi connectivity index (χ0) is 40.8. The van der Waals surface area contributed by atoms with Gasteiger partial charge < -0.3 is 14.4 Å². The Kier molecular flexibility index (Phi) is 7.77. The van der Waals surface area contributed by atoms with E-state index in [9.17, 15) is 0 Å². The second kappa shape index (κ2) is 13.7. The molecule has 0 fully saturated rings. The number of fused-ring (bicyclic) bond motifs is 9. The smallest absolute Gasteiger partial charge is 0.0742 e. The first-order valence-electron chi connectivity index (χ1n) is 22.0. The van der Waals surface area contributed by atoms with Gasteiger partial charge in [0.15, 0.2) is 0 Å². The maximum atomic E-state index is 2.52. The van der Waals surface area contributed by atoms with Gasteiger partial charge in [-0.2, -0.15) is 0 Å². The predicted octanol–water partition coefficient (Wildman–Crippen LogP) is 14.6. The number of hydrogen-bond acceptors (Lipinski definition) is 2. The lowest BCUT2D eigenvalue weighted by molar-refractivity contribution is 0.728. The maximum absolute atomic E-state index is 2.52. The van der Waals surface area contributed by atoms with Crippen LogP contribution in [0.2, 0.25) is 0 Å². The fourth-order valence-electron chi connectivity index (χ4n) is 11.3. The highest BCUT2D eigenvalue weighted by Gasteiger charge is 2.45. The minimum absolute atomic E-state index is 0.624. The Balaban J connectivity index is 1.06. The lowest BCUT2D eigenvalue weighted by Crippen LogP contribution is -2.35. The zero-order valence-corrected chi connectivity index (χ0v) is 34.4. The van der Waals surface area contributed by atoms with Gasteiger partial charge in [0.2, 0.25) is 0 Å². The monoisotopic (exact) mass is 793 g/mol. The van der Waals surface area contributed by atoms with Crippen LogP contribution in [0.1, 0.15) is 44.5 Å². The van der Waals surface area contributed by atoms with Crippen molar-refractivity contribution < 1.29 is 0 Å². The molecule has 0 N–H and O–H groups in total. The van der Waals surface area contributed by atoms with Crippen LogP contribution in [0.25, 0.3) is 27.5 Å². The number of benzene rings is 9. The van der Waals surface area contributed by atoms with E-state index in [0.717, 1.165) is 37.1 Å². The first-order valence-corrected chi connectivity index (χ1v) is 22.0. The quantitative estimate of drug-likeness (QED) is 0.176. The average Bonchev–Trinajstić information content (AvgIpc) is 3.46. The van der Waals surface area contributed by atoms with Gasteiger partial charge >= 0.3 is 0 Å². The van der Waals surface area contributed by atoms with Crippen molar-refractivity contribution in [3.05, 3.63) is 257 Å². The van der Waals surface area contributed by atoms with Crippen molar-refractivity contribution >= 4 is 55.9 Å². The van der Waals surface area contributed by atoms with E-state index in [1.54, 1.807) is 0 Å². The van der Waals surface area contributed by atoms with E-state index in [0.29, 0.717) is 0 Å². The van der Waals surface area contributed by atoms with Crippen LogP contribution < -0.4 is 9.80 Å². The molecule has 1 aromatic heterocycles. The summed E-state index contributed by atoms with van der Waals surface area (Å²) in [6, 6.07) is 79.8. The Bertz CT molecular complexity index is 3140. The van der Waals surface area contributed by atoms with Gasteiger partial charge in [-0.25, -0.2) is 0 Å². The maximum Gasteiger partial charge on any atom is 0.0742 e. The number of aryl methyl sites for hydroxylation is 4. The molecule has 4 heterocycles. The molecule has 0 saturated heterocycles. The summed E-state index contributed by atoms with van der Waals surface area (Å²) in [4.78, 5) is 4.96. The van der Waals surface area contributed by atoms with Gasteiger partial charge in [-0.1, -0.05) is 152 Å². The summed E-state index contributed by atoms with van der Waals surface area (Å²) >= 11 is 0. The Morgan fingerprint density at radius 1 is 0.306 bits per heavy atom. The molecule has 3 heteroatoms. The SMILES string of the molecule is c1ccc2c(c1)CCc1ccccc1N2c1ccc(C2(c3ccc(N4c5ccccc5CCc5ccccc54)cc3)c3ccccc3-n3c4ccccc4c4cccc2c43)cc1. The molecule has 62 heavy (non-hydrogen) atoms.